The van der Waals surface area contributed by atoms with Crippen molar-refractivity contribution in [3.8, 4) is 11.1 Å². The molecule has 2 aliphatic rings. The molecule has 0 radical (unpaired) electrons. The van der Waals surface area contributed by atoms with Gasteiger partial charge in [0, 0.05) is 0 Å². The van der Waals surface area contributed by atoms with Gasteiger partial charge in [-0.15, -0.1) is 0 Å². The third kappa shape index (κ3) is 2.42. The zero-order valence-electron chi connectivity index (χ0n) is 16.2. The van der Waals surface area contributed by atoms with E-state index in [9.17, 15) is 3.83 Å². The van der Waals surface area contributed by atoms with Gasteiger partial charge in [-0.3, -0.25) is 0 Å². The number of hydrogen-bond donors (Lipinski definition) is 0. The Morgan fingerprint density at radius 2 is 1.54 bits per heavy atom. The molecular weight excluding hydrogens is 411 g/mol. The van der Waals surface area contributed by atoms with Crippen molar-refractivity contribution in [2.24, 2.45) is 0 Å². The Hall–Kier alpha value is -2.68. The van der Waals surface area contributed by atoms with Crippen molar-refractivity contribution in [3.63, 3.8) is 0 Å². The third-order valence-electron chi connectivity index (χ3n) is 5.86. The molecule has 140 valence electrons. The van der Waals surface area contributed by atoms with E-state index < -0.39 is 13.8 Å². The SMILES string of the molecule is CC1=C(c2ccc3c(c2)-c2ccccc2[Se]3=O)N(C)C(C)N1c1ccccc1. The predicted molar refractivity (Wildman–Crippen MR) is 116 cm³/mol. The Bertz CT molecular complexity index is 1140. The number of benzene rings is 3. The number of para-hydroxylation sites is 1. The molecule has 0 spiro atoms. The molecule has 2 heterocycles. The van der Waals surface area contributed by atoms with Crippen LogP contribution in [0.2, 0.25) is 0 Å². The van der Waals surface area contributed by atoms with Crippen LogP contribution in [0.5, 0.6) is 0 Å². The molecular formula is C24H22N2OSe. The Morgan fingerprint density at radius 1 is 0.857 bits per heavy atom. The quantitative estimate of drug-likeness (QED) is 0.451. The van der Waals surface area contributed by atoms with E-state index in [2.05, 4.69) is 85.3 Å². The van der Waals surface area contributed by atoms with Gasteiger partial charge in [-0.05, 0) is 0 Å². The number of nitrogens with zero attached hydrogens (tertiary/aromatic N) is 2. The molecule has 0 aromatic heterocycles. The van der Waals surface area contributed by atoms with Gasteiger partial charge in [0.1, 0.15) is 0 Å². The molecule has 5 rings (SSSR count). The van der Waals surface area contributed by atoms with Crippen molar-refractivity contribution in [2.45, 2.75) is 20.0 Å². The van der Waals surface area contributed by atoms with Crippen LogP contribution in [0.1, 0.15) is 19.4 Å². The maximum absolute atomic E-state index is 12.9. The molecule has 0 aliphatic carbocycles. The van der Waals surface area contributed by atoms with Gasteiger partial charge < -0.3 is 0 Å². The van der Waals surface area contributed by atoms with Crippen LogP contribution >= 0.6 is 0 Å². The number of anilines is 1. The van der Waals surface area contributed by atoms with E-state index in [1.165, 1.54) is 22.6 Å². The number of hydrogen-bond acceptors (Lipinski definition) is 3. The molecule has 0 N–H and O–H groups in total. The van der Waals surface area contributed by atoms with Crippen molar-refractivity contribution in [1.29, 1.82) is 0 Å². The van der Waals surface area contributed by atoms with Gasteiger partial charge in [-0.25, -0.2) is 0 Å². The fourth-order valence-corrected chi connectivity index (χ4v) is 7.33. The van der Waals surface area contributed by atoms with Gasteiger partial charge in [-0.1, -0.05) is 0 Å². The Balaban J connectivity index is 1.65. The molecule has 28 heavy (non-hydrogen) atoms. The van der Waals surface area contributed by atoms with Crippen LogP contribution in [0.3, 0.4) is 0 Å². The molecule has 3 aromatic rings. The minimum atomic E-state index is -2.14. The van der Waals surface area contributed by atoms with Gasteiger partial charge in [0.2, 0.25) is 0 Å². The monoisotopic (exact) mass is 434 g/mol. The Labute approximate surface area is 170 Å². The van der Waals surface area contributed by atoms with E-state index in [1.807, 2.05) is 18.2 Å². The number of rotatable bonds is 2. The van der Waals surface area contributed by atoms with Gasteiger partial charge in [0.15, 0.2) is 0 Å². The molecule has 4 heteroatoms. The van der Waals surface area contributed by atoms with Gasteiger partial charge in [-0.2, -0.15) is 0 Å². The van der Waals surface area contributed by atoms with Crippen LogP contribution in [0, 0.1) is 0 Å². The topological polar surface area (TPSA) is 23.6 Å². The number of allylic oxidation sites excluding steroid dienone is 1. The normalized spacial score (nSPS) is 20.5. The summed E-state index contributed by atoms with van der Waals surface area (Å²) in [6, 6.07) is 25.1. The fourth-order valence-electron chi connectivity index (χ4n) is 4.44. The van der Waals surface area contributed by atoms with Crippen LogP contribution in [0.15, 0.2) is 78.5 Å². The summed E-state index contributed by atoms with van der Waals surface area (Å²) in [6.45, 7) is 4.42. The Morgan fingerprint density at radius 3 is 2.32 bits per heavy atom. The maximum atomic E-state index is 12.9. The van der Waals surface area contributed by atoms with E-state index >= 15 is 0 Å². The summed E-state index contributed by atoms with van der Waals surface area (Å²) in [5.74, 6) is 0. The van der Waals surface area contributed by atoms with Crippen LogP contribution in [-0.2, 0) is 3.83 Å². The molecule has 3 nitrogen and oxygen atoms in total. The first-order chi connectivity index (χ1) is 13.6. The summed E-state index contributed by atoms with van der Waals surface area (Å²) in [5, 5.41) is 0. The second-order valence-corrected chi connectivity index (χ2v) is 10.3. The van der Waals surface area contributed by atoms with E-state index in [1.54, 1.807) is 0 Å². The fraction of sp³-hybridized carbons (Fsp3) is 0.167. The average Bonchev–Trinajstić information content (AvgIpc) is 3.13. The molecule has 0 bridgehead atoms. The third-order valence-corrected chi connectivity index (χ3v) is 9.03. The summed E-state index contributed by atoms with van der Waals surface area (Å²) < 4.78 is 14.9. The molecule has 3 aromatic carbocycles. The molecule has 0 saturated carbocycles. The van der Waals surface area contributed by atoms with Crippen molar-refractivity contribution in [1.82, 2.24) is 4.90 Å². The van der Waals surface area contributed by atoms with E-state index in [4.69, 9.17) is 0 Å². The van der Waals surface area contributed by atoms with Gasteiger partial charge in [0.25, 0.3) is 0 Å². The first-order valence-corrected chi connectivity index (χ1v) is 11.9. The zero-order valence-corrected chi connectivity index (χ0v) is 17.9. The van der Waals surface area contributed by atoms with Crippen LogP contribution in [0.4, 0.5) is 5.69 Å². The van der Waals surface area contributed by atoms with E-state index in [0.29, 0.717) is 0 Å². The standard InChI is InChI=1S/C24H22N2OSe/c1-16-24(25(3)17(2)26(16)19-9-5-4-6-10-19)18-13-14-23-21(15-18)20-11-7-8-12-22(20)28(23)27/h4-15,17H,1-3H3. The van der Waals surface area contributed by atoms with Crippen molar-refractivity contribution >= 4 is 34.1 Å². The van der Waals surface area contributed by atoms with Crippen LogP contribution < -0.4 is 13.8 Å². The molecule has 0 saturated heterocycles. The summed E-state index contributed by atoms with van der Waals surface area (Å²) in [5.41, 5.74) is 7.11. The van der Waals surface area contributed by atoms with Gasteiger partial charge >= 0.3 is 170 Å². The van der Waals surface area contributed by atoms with Crippen molar-refractivity contribution in [3.05, 3.63) is 84.1 Å². The number of fused-ring (bicyclic) bond motifs is 3. The molecule has 2 aliphatic heterocycles. The molecule has 0 amide bonds. The minimum absolute atomic E-state index is 0.235. The summed E-state index contributed by atoms with van der Waals surface area (Å²) >= 11 is -2.14. The second-order valence-electron chi connectivity index (χ2n) is 7.36. The molecule has 2 atom stereocenters. The first-order valence-electron chi connectivity index (χ1n) is 9.51. The summed E-state index contributed by atoms with van der Waals surface area (Å²) in [4.78, 5) is 4.71. The van der Waals surface area contributed by atoms with Crippen LogP contribution in [-0.4, -0.2) is 31.9 Å². The average molecular weight is 433 g/mol. The van der Waals surface area contributed by atoms with Crippen molar-refractivity contribution in [2.75, 3.05) is 11.9 Å². The van der Waals surface area contributed by atoms with Gasteiger partial charge in [0.05, 0.1) is 0 Å². The molecule has 2 unspecified atom stereocenters. The summed E-state index contributed by atoms with van der Waals surface area (Å²) in [7, 11) is 2.15. The van der Waals surface area contributed by atoms with E-state index in [-0.39, 0.29) is 6.17 Å². The van der Waals surface area contributed by atoms with Crippen molar-refractivity contribution < 1.29 is 3.83 Å². The first kappa shape index (κ1) is 17.4. The van der Waals surface area contributed by atoms with Crippen LogP contribution in [0.25, 0.3) is 16.8 Å². The molecule has 0 fully saturated rings. The Kier molecular flexibility index (Phi) is 4.01. The van der Waals surface area contributed by atoms with E-state index in [0.717, 1.165) is 20.1 Å². The second kappa shape index (κ2) is 6.44. The summed E-state index contributed by atoms with van der Waals surface area (Å²) in [6.07, 6.45) is 0.235. The zero-order chi connectivity index (χ0) is 19.4. The predicted octanol–water partition coefficient (Wildman–Crippen LogP) is 3.69.